The number of aliphatic hydroxyl groups is 1. The summed E-state index contributed by atoms with van der Waals surface area (Å²) < 4.78 is 0. The van der Waals surface area contributed by atoms with E-state index >= 15 is 0 Å². The van der Waals surface area contributed by atoms with E-state index in [-0.39, 0.29) is 6.61 Å². The van der Waals surface area contributed by atoms with Crippen LogP contribution in [0, 0.1) is 0 Å². The first-order valence-corrected chi connectivity index (χ1v) is 6.39. The standard InChI is InChI=1S/C10H11Cl3N2OS/c11-6-4-8(13)9(5-7(6)12)15-10(17)14-2-1-3-16/h4-5,16H,1-3H2,(H2,14,15,17). The third-order valence-corrected chi connectivity index (χ3v) is 3.16. The minimum absolute atomic E-state index is 0.114. The number of halogens is 3. The van der Waals surface area contributed by atoms with Crippen LogP contribution in [0.15, 0.2) is 12.1 Å². The van der Waals surface area contributed by atoms with Gasteiger partial charge in [0.25, 0.3) is 0 Å². The third-order valence-electron chi connectivity index (χ3n) is 1.88. The van der Waals surface area contributed by atoms with Crippen molar-refractivity contribution in [3.63, 3.8) is 0 Å². The largest absolute Gasteiger partial charge is 0.396 e. The lowest BCUT2D eigenvalue weighted by molar-refractivity contribution is 0.289. The van der Waals surface area contributed by atoms with E-state index in [1.54, 1.807) is 12.1 Å². The molecule has 94 valence electrons. The van der Waals surface area contributed by atoms with Gasteiger partial charge in [0, 0.05) is 13.2 Å². The van der Waals surface area contributed by atoms with Crippen molar-refractivity contribution in [2.75, 3.05) is 18.5 Å². The second-order valence-corrected chi connectivity index (χ2v) is 4.83. The van der Waals surface area contributed by atoms with Crippen molar-refractivity contribution >= 4 is 57.8 Å². The second kappa shape index (κ2) is 7.24. The van der Waals surface area contributed by atoms with Gasteiger partial charge in [0.05, 0.1) is 20.8 Å². The zero-order chi connectivity index (χ0) is 12.8. The fourth-order valence-electron chi connectivity index (χ4n) is 1.07. The Balaban J connectivity index is 2.62. The Morgan fingerprint density at radius 3 is 2.47 bits per heavy atom. The predicted octanol–water partition coefficient (Wildman–Crippen LogP) is 3.32. The number of nitrogens with one attached hydrogen (secondary N) is 2. The van der Waals surface area contributed by atoms with E-state index in [4.69, 9.17) is 52.1 Å². The van der Waals surface area contributed by atoms with E-state index in [0.29, 0.717) is 38.8 Å². The normalized spacial score (nSPS) is 10.1. The van der Waals surface area contributed by atoms with Gasteiger partial charge >= 0.3 is 0 Å². The molecule has 0 aliphatic carbocycles. The fourth-order valence-corrected chi connectivity index (χ4v) is 1.87. The van der Waals surface area contributed by atoms with E-state index in [9.17, 15) is 0 Å². The van der Waals surface area contributed by atoms with Crippen LogP contribution in [0.5, 0.6) is 0 Å². The maximum atomic E-state index is 8.62. The number of rotatable bonds is 4. The predicted molar refractivity (Wildman–Crippen MR) is 77.4 cm³/mol. The van der Waals surface area contributed by atoms with Crippen molar-refractivity contribution < 1.29 is 5.11 Å². The van der Waals surface area contributed by atoms with Crippen molar-refractivity contribution in [3.8, 4) is 0 Å². The summed E-state index contributed by atoms with van der Waals surface area (Å²) in [5, 5.41) is 16.1. The van der Waals surface area contributed by atoms with Gasteiger partial charge in [-0.15, -0.1) is 0 Å². The Morgan fingerprint density at radius 1 is 1.18 bits per heavy atom. The number of hydrogen-bond acceptors (Lipinski definition) is 2. The molecule has 1 rings (SSSR count). The molecule has 7 heteroatoms. The SMILES string of the molecule is OCCCNC(=S)Nc1cc(Cl)c(Cl)cc1Cl. The molecule has 0 fully saturated rings. The van der Waals surface area contributed by atoms with Crippen LogP contribution >= 0.6 is 47.0 Å². The summed E-state index contributed by atoms with van der Waals surface area (Å²) in [6, 6.07) is 3.15. The van der Waals surface area contributed by atoms with Crippen molar-refractivity contribution in [1.82, 2.24) is 5.32 Å². The molecule has 0 heterocycles. The van der Waals surface area contributed by atoms with E-state index in [1.807, 2.05) is 0 Å². The molecule has 1 aromatic rings. The van der Waals surface area contributed by atoms with Gasteiger partial charge in [0.2, 0.25) is 0 Å². The highest BCUT2D eigenvalue weighted by Gasteiger charge is 2.07. The summed E-state index contributed by atoms with van der Waals surface area (Å²) in [7, 11) is 0. The average Bonchev–Trinajstić information content (AvgIpc) is 2.26. The molecule has 0 saturated heterocycles. The van der Waals surface area contributed by atoms with Gasteiger partial charge in [-0.2, -0.15) is 0 Å². The highest BCUT2D eigenvalue weighted by molar-refractivity contribution is 7.80. The van der Waals surface area contributed by atoms with Gasteiger partial charge < -0.3 is 15.7 Å². The molecule has 0 radical (unpaired) electrons. The van der Waals surface area contributed by atoms with Crippen molar-refractivity contribution in [2.45, 2.75) is 6.42 Å². The Morgan fingerprint density at radius 2 is 1.82 bits per heavy atom. The topological polar surface area (TPSA) is 44.3 Å². The summed E-state index contributed by atoms with van der Waals surface area (Å²) in [6.07, 6.45) is 0.622. The first-order valence-electron chi connectivity index (χ1n) is 4.85. The molecule has 0 spiro atoms. The first-order chi connectivity index (χ1) is 8.04. The first kappa shape index (κ1) is 14.8. The van der Waals surface area contributed by atoms with Crippen molar-refractivity contribution in [2.24, 2.45) is 0 Å². The fraction of sp³-hybridized carbons (Fsp3) is 0.300. The zero-order valence-electron chi connectivity index (χ0n) is 8.77. The molecule has 0 aromatic heterocycles. The molecule has 0 aliphatic rings. The van der Waals surface area contributed by atoms with Gasteiger partial charge in [-0.05, 0) is 30.8 Å². The summed E-state index contributed by atoms with van der Waals surface area (Å²) in [4.78, 5) is 0. The Labute approximate surface area is 120 Å². The average molecular weight is 314 g/mol. The van der Waals surface area contributed by atoms with E-state index in [0.717, 1.165) is 0 Å². The number of aliphatic hydroxyl groups excluding tert-OH is 1. The Bertz CT molecular complexity index is 415. The summed E-state index contributed by atoms with van der Waals surface area (Å²) in [6.45, 7) is 0.699. The van der Waals surface area contributed by atoms with Crippen molar-refractivity contribution in [3.05, 3.63) is 27.2 Å². The summed E-state index contributed by atoms with van der Waals surface area (Å²) in [5.41, 5.74) is 0.586. The molecule has 3 N–H and O–H groups in total. The van der Waals surface area contributed by atoms with Crippen molar-refractivity contribution in [1.29, 1.82) is 0 Å². The molecule has 17 heavy (non-hydrogen) atoms. The minimum atomic E-state index is 0.114. The molecule has 3 nitrogen and oxygen atoms in total. The molecular formula is C10H11Cl3N2OS. The third kappa shape index (κ3) is 4.85. The lowest BCUT2D eigenvalue weighted by Crippen LogP contribution is -2.29. The quantitative estimate of drug-likeness (QED) is 0.453. The highest BCUT2D eigenvalue weighted by atomic mass is 35.5. The van der Waals surface area contributed by atoms with E-state index in [2.05, 4.69) is 10.6 Å². The molecular weight excluding hydrogens is 303 g/mol. The van der Waals surface area contributed by atoms with Gasteiger partial charge in [0.15, 0.2) is 5.11 Å². The van der Waals surface area contributed by atoms with Crippen LogP contribution in [0.4, 0.5) is 5.69 Å². The maximum Gasteiger partial charge on any atom is 0.170 e. The Kier molecular flexibility index (Phi) is 6.30. The number of benzene rings is 1. The number of anilines is 1. The minimum Gasteiger partial charge on any atom is -0.396 e. The van der Waals surface area contributed by atoms with Gasteiger partial charge in [-0.3, -0.25) is 0 Å². The number of thiocarbonyl (C=S) groups is 1. The smallest absolute Gasteiger partial charge is 0.170 e. The zero-order valence-corrected chi connectivity index (χ0v) is 11.8. The van der Waals surface area contributed by atoms with Crippen LogP contribution in [0.2, 0.25) is 15.1 Å². The van der Waals surface area contributed by atoms with Gasteiger partial charge in [-0.25, -0.2) is 0 Å². The molecule has 1 aromatic carbocycles. The molecule has 0 amide bonds. The van der Waals surface area contributed by atoms with Gasteiger partial charge in [-0.1, -0.05) is 34.8 Å². The molecule has 0 saturated carbocycles. The van der Waals surface area contributed by atoms with Crippen LogP contribution in [-0.2, 0) is 0 Å². The highest BCUT2D eigenvalue weighted by Crippen LogP contribution is 2.32. The summed E-state index contributed by atoms with van der Waals surface area (Å²) in [5.74, 6) is 0. The second-order valence-electron chi connectivity index (χ2n) is 3.20. The van der Waals surface area contributed by atoms with Crippen LogP contribution in [0.1, 0.15) is 6.42 Å². The molecule has 0 aliphatic heterocycles. The summed E-state index contributed by atoms with van der Waals surface area (Å²) >= 11 is 22.7. The Hall–Kier alpha value is -0.260. The van der Waals surface area contributed by atoms with E-state index < -0.39 is 0 Å². The van der Waals surface area contributed by atoms with E-state index in [1.165, 1.54) is 0 Å². The van der Waals surface area contributed by atoms with Crippen LogP contribution in [0.3, 0.4) is 0 Å². The molecule has 0 atom stereocenters. The van der Waals surface area contributed by atoms with Crippen LogP contribution < -0.4 is 10.6 Å². The molecule has 0 bridgehead atoms. The molecule has 0 unspecified atom stereocenters. The lowest BCUT2D eigenvalue weighted by atomic mass is 10.3. The van der Waals surface area contributed by atoms with Crippen LogP contribution in [-0.4, -0.2) is 23.4 Å². The van der Waals surface area contributed by atoms with Crippen LogP contribution in [0.25, 0.3) is 0 Å². The lowest BCUT2D eigenvalue weighted by Gasteiger charge is -2.12. The van der Waals surface area contributed by atoms with Gasteiger partial charge in [0.1, 0.15) is 0 Å². The number of hydrogen-bond donors (Lipinski definition) is 3. The maximum absolute atomic E-state index is 8.62. The monoisotopic (exact) mass is 312 g/mol.